The van der Waals surface area contributed by atoms with Gasteiger partial charge in [0.25, 0.3) is 6.29 Å². The first-order valence-electron chi connectivity index (χ1n) is 30.9. The molecule has 0 amide bonds. The third-order valence-corrected chi connectivity index (χ3v) is 13.1. The van der Waals surface area contributed by atoms with E-state index in [2.05, 4.69) is 111 Å². The van der Waals surface area contributed by atoms with Crippen molar-refractivity contribution in [3.05, 3.63) is 97.2 Å². The van der Waals surface area contributed by atoms with E-state index in [9.17, 15) is 19.5 Å². The minimum Gasteiger partial charge on any atom is -0.477 e. The summed E-state index contributed by atoms with van der Waals surface area (Å²) in [6, 6.07) is 0. The molecule has 0 aliphatic carbocycles. The van der Waals surface area contributed by atoms with Crippen molar-refractivity contribution >= 4 is 17.9 Å². The van der Waals surface area contributed by atoms with Crippen LogP contribution < -0.4 is 0 Å². The summed E-state index contributed by atoms with van der Waals surface area (Å²) >= 11 is 0. The first-order valence-corrected chi connectivity index (χ1v) is 30.9. The van der Waals surface area contributed by atoms with Gasteiger partial charge in [-0.25, -0.2) is 4.79 Å². The molecule has 0 aliphatic rings. The smallest absolute Gasteiger partial charge is 0.361 e. The highest BCUT2D eigenvalue weighted by Crippen LogP contribution is 2.17. The van der Waals surface area contributed by atoms with Gasteiger partial charge in [0.1, 0.15) is 13.2 Å². The monoisotopic (exact) mass is 1060 g/mol. The number of ether oxygens (including phenoxy) is 4. The SMILES string of the molecule is CC/C=C\C/C=C\C/C=C\C/C=C\C/C=C\C/C=C\C/C=C\C/C=C\CCCCC(=O)OC(COC(=O)CCCCCCCCCCCCCCCCCCCCCCCCCC)COC(OCC[N+](C)(C)C)C(=O)O. The molecule has 0 bridgehead atoms. The van der Waals surface area contributed by atoms with E-state index >= 15 is 0 Å². The lowest BCUT2D eigenvalue weighted by Crippen LogP contribution is -2.40. The van der Waals surface area contributed by atoms with Gasteiger partial charge < -0.3 is 28.5 Å². The van der Waals surface area contributed by atoms with Crippen LogP contribution in [0.2, 0.25) is 0 Å². The van der Waals surface area contributed by atoms with Gasteiger partial charge in [0.05, 0.1) is 34.4 Å². The van der Waals surface area contributed by atoms with Gasteiger partial charge in [0.2, 0.25) is 0 Å². The predicted molar refractivity (Wildman–Crippen MR) is 322 cm³/mol. The first kappa shape index (κ1) is 72.2. The summed E-state index contributed by atoms with van der Waals surface area (Å²) < 4.78 is 22.9. The number of carbonyl (C=O) groups excluding carboxylic acids is 2. The molecule has 9 nitrogen and oxygen atoms in total. The molecule has 0 heterocycles. The predicted octanol–water partition coefficient (Wildman–Crippen LogP) is 18.5. The van der Waals surface area contributed by atoms with Crippen LogP contribution in [0.4, 0.5) is 0 Å². The zero-order valence-electron chi connectivity index (χ0n) is 49.6. The van der Waals surface area contributed by atoms with Gasteiger partial charge in [-0.15, -0.1) is 0 Å². The second kappa shape index (κ2) is 57.4. The lowest BCUT2D eigenvalue weighted by Gasteiger charge is -2.25. The molecule has 0 saturated heterocycles. The second-order valence-electron chi connectivity index (χ2n) is 21.6. The van der Waals surface area contributed by atoms with Crippen LogP contribution >= 0.6 is 0 Å². The summed E-state index contributed by atoms with van der Waals surface area (Å²) in [6.07, 6.45) is 75.0. The molecule has 2 unspecified atom stereocenters. The van der Waals surface area contributed by atoms with E-state index in [1.54, 1.807) is 0 Å². The summed E-state index contributed by atoms with van der Waals surface area (Å²) in [5.41, 5.74) is 0. The number of carbonyl (C=O) groups is 3. The molecule has 2 atom stereocenters. The molecule has 0 fully saturated rings. The van der Waals surface area contributed by atoms with Crippen molar-refractivity contribution in [3.8, 4) is 0 Å². The van der Waals surface area contributed by atoms with Crippen LogP contribution in [0.25, 0.3) is 0 Å². The van der Waals surface area contributed by atoms with Crippen LogP contribution in [0.15, 0.2) is 97.2 Å². The quantitative estimate of drug-likeness (QED) is 0.0211. The lowest BCUT2D eigenvalue weighted by atomic mass is 10.0. The van der Waals surface area contributed by atoms with Crippen LogP contribution in [0.3, 0.4) is 0 Å². The Morgan fingerprint density at radius 2 is 0.750 bits per heavy atom. The molecule has 0 spiro atoms. The minimum absolute atomic E-state index is 0.175. The zero-order valence-corrected chi connectivity index (χ0v) is 49.6. The average Bonchev–Trinajstić information content (AvgIpc) is 3.39. The number of hydrogen-bond acceptors (Lipinski definition) is 7. The van der Waals surface area contributed by atoms with Gasteiger partial charge in [-0.05, 0) is 77.0 Å². The van der Waals surface area contributed by atoms with Crippen molar-refractivity contribution in [1.29, 1.82) is 0 Å². The number of allylic oxidation sites excluding steroid dienone is 16. The maximum atomic E-state index is 12.9. The minimum atomic E-state index is -1.53. The molecule has 0 aromatic carbocycles. The standard InChI is InChI=1S/C67H115NO8/c1-6-8-10-12-14-16-18-20-22-24-26-28-30-32-33-34-36-38-40-42-44-46-48-50-52-54-56-58-65(70)76-63(62-75-67(66(71)72)73-60-59-68(3,4)5)61-74-64(69)57-55-53-51-49-47-45-43-41-39-37-35-31-29-27-25-23-21-19-17-15-13-11-9-7-2/h8,10,14,16,20,22,26,28,32-33,36,38,42,44,48,50,63,67H,6-7,9,11-13,15,17-19,21,23-25,27,29-31,34-35,37,39-41,43,45-47,49,51-62H2,1-5H3/p+1/b10-8-,16-14-,22-20-,28-26-,33-32-,38-36-,44-42-,50-48-. The molecular formula is C67H116NO8+. The first-order chi connectivity index (χ1) is 37.1. The fraction of sp³-hybridized carbons (Fsp3) is 0.716. The summed E-state index contributed by atoms with van der Waals surface area (Å²) in [6.45, 7) is 4.73. The van der Waals surface area contributed by atoms with E-state index < -0.39 is 24.3 Å². The third-order valence-electron chi connectivity index (χ3n) is 13.1. The van der Waals surface area contributed by atoms with Gasteiger partial charge in [-0.2, -0.15) is 0 Å². The Morgan fingerprint density at radius 3 is 1.12 bits per heavy atom. The number of hydrogen-bond donors (Lipinski definition) is 1. The van der Waals surface area contributed by atoms with Crippen LogP contribution in [0, 0.1) is 0 Å². The van der Waals surface area contributed by atoms with E-state index in [1.807, 2.05) is 21.1 Å². The van der Waals surface area contributed by atoms with Crippen molar-refractivity contribution in [3.63, 3.8) is 0 Å². The molecule has 76 heavy (non-hydrogen) atoms. The Bertz CT molecular complexity index is 1570. The number of carboxylic acids is 1. The van der Waals surface area contributed by atoms with Crippen molar-refractivity contribution in [1.82, 2.24) is 0 Å². The molecule has 436 valence electrons. The largest absolute Gasteiger partial charge is 0.477 e. The number of aliphatic carboxylic acids is 1. The van der Waals surface area contributed by atoms with Crippen LogP contribution in [0.5, 0.6) is 0 Å². The van der Waals surface area contributed by atoms with Gasteiger partial charge in [-0.3, -0.25) is 9.59 Å². The molecule has 0 rings (SSSR count). The van der Waals surface area contributed by atoms with Crippen LogP contribution in [-0.4, -0.2) is 87.4 Å². The zero-order chi connectivity index (χ0) is 55.5. The highest BCUT2D eigenvalue weighted by atomic mass is 16.7. The van der Waals surface area contributed by atoms with Crippen molar-refractivity contribution < 1.29 is 42.9 Å². The Morgan fingerprint density at radius 1 is 0.408 bits per heavy atom. The van der Waals surface area contributed by atoms with E-state index in [0.717, 1.165) is 83.5 Å². The van der Waals surface area contributed by atoms with Gasteiger partial charge >= 0.3 is 17.9 Å². The fourth-order valence-electron chi connectivity index (χ4n) is 8.38. The maximum Gasteiger partial charge on any atom is 0.361 e. The number of nitrogens with zero attached hydrogens (tertiary/aromatic N) is 1. The molecular weight excluding hydrogens is 947 g/mol. The number of esters is 2. The maximum absolute atomic E-state index is 12.9. The van der Waals surface area contributed by atoms with Gasteiger partial charge in [0, 0.05) is 12.8 Å². The summed E-state index contributed by atoms with van der Waals surface area (Å²) in [4.78, 5) is 37.5. The molecule has 0 saturated carbocycles. The van der Waals surface area contributed by atoms with Crippen LogP contribution in [-0.2, 0) is 33.3 Å². The van der Waals surface area contributed by atoms with Gasteiger partial charge in [-0.1, -0.05) is 259 Å². The highest BCUT2D eigenvalue weighted by Gasteiger charge is 2.25. The molecule has 0 aromatic rings. The lowest BCUT2D eigenvalue weighted by molar-refractivity contribution is -0.870. The Kier molecular flexibility index (Phi) is 54.5. The molecule has 9 heteroatoms. The highest BCUT2D eigenvalue weighted by molar-refractivity contribution is 5.71. The second-order valence-corrected chi connectivity index (χ2v) is 21.6. The number of rotatable bonds is 56. The molecule has 0 radical (unpaired) electrons. The molecule has 1 N–H and O–H groups in total. The molecule has 0 aliphatic heterocycles. The van der Waals surface area contributed by atoms with Crippen molar-refractivity contribution in [2.45, 2.75) is 264 Å². The Balaban J connectivity index is 4.31. The van der Waals surface area contributed by atoms with E-state index in [1.165, 1.54) is 135 Å². The third kappa shape index (κ3) is 57.9. The number of likely N-dealkylation sites (N-methyl/N-ethyl adjacent to an activating group) is 1. The van der Waals surface area contributed by atoms with Crippen molar-refractivity contribution in [2.75, 3.05) is 47.5 Å². The van der Waals surface area contributed by atoms with Crippen LogP contribution in [0.1, 0.15) is 251 Å². The summed E-state index contributed by atoms with van der Waals surface area (Å²) in [5.74, 6) is -2.06. The Labute approximate surface area is 467 Å². The molecule has 0 aromatic heterocycles. The van der Waals surface area contributed by atoms with Crippen molar-refractivity contribution in [2.24, 2.45) is 0 Å². The Hall–Kier alpha value is -3.79. The fourth-order valence-corrected chi connectivity index (χ4v) is 8.38. The number of carboxylic acid groups (broad SMARTS) is 1. The number of unbranched alkanes of at least 4 members (excludes halogenated alkanes) is 25. The topological polar surface area (TPSA) is 108 Å². The number of quaternary nitrogens is 1. The van der Waals surface area contributed by atoms with E-state index in [-0.39, 0.29) is 32.2 Å². The normalized spacial score (nSPS) is 13.4. The van der Waals surface area contributed by atoms with Gasteiger partial charge in [0.15, 0.2) is 6.10 Å². The van der Waals surface area contributed by atoms with E-state index in [4.69, 9.17) is 18.9 Å². The summed E-state index contributed by atoms with van der Waals surface area (Å²) in [7, 11) is 5.95. The average molecular weight is 1060 g/mol. The summed E-state index contributed by atoms with van der Waals surface area (Å²) in [5, 5.41) is 9.71. The van der Waals surface area contributed by atoms with E-state index in [0.29, 0.717) is 23.9 Å².